The van der Waals surface area contributed by atoms with Gasteiger partial charge in [0.15, 0.2) is 0 Å². The highest BCUT2D eigenvalue weighted by molar-refractivity contribution is 6.59. The van der Waals surface area contributed by atoms with Crippen molar-refractivity contribution in [3.05, 3.63) is 28.2 Å². The van der Waals surface area contributed by atoms with E-state index in [4.69, 9.17) is 10.0 Å². The van der Waals surface area contributed by atoms with Crippen molar-refractivity contribution in [2.24, 2.45) is 5.41 Å². The maximum absolute atomic E-state index is 11.6. The fourth-order valence-electron chi connectivity index (χ4n) is 1.53. The Kier molecular flexibility index (Phi) is 3.94. The lowest BCUT2D eigenvalue weighted by Crippen LogP contribution is -2.38. The molecule has 0 radical (unpaired) electrons. The van der Waals surface area contributed by atoms with Gasteiger partial charge in [-0.05, 0) is 29.8 Å². The van der Waals surface area contributed by atoms with Crippen molar-refractivity contribution in [2.45, 2.75) is 33.6 Å². The third-order valence-corrected chi connectivity index (χ3v) is 2.50. The van der Waals surface area contributed by atoms with Crippen LogP contribution in [-0.4, -0.2) is 22.2 Å². The Hall–Kier alpha value is -1.07. The molecular weight excluding hydrogens is 205 g/mol. The van der Waals surface area contributed by atoms with E-state index in [0.29, 0.717) is 17.4 Å². The second-order valence-electron chi connectivity index (χ2n) is 5.18. The van der Waals surface area contributed by atoms with Gasteiger partial charge in [0, 0.05) is 11.8 Å². The Morgan fingerprint density at radius 3 is 2.50 bits per heavy atom. The molecule has 0 aliphatic heterocycles. The van der Waals surface area contributed by atoms with E-state index in [9.17, 15) is 4.79 Å². The van der Waals surface area contributed by atoms with Crippen molar-refractivity contribution in [3.63, 3.8) is 0 Å². The number of hydrogen-bond acceptors (Lipinski definition) is 3. The van der Waals surface area contributed by atoms with Gasteiger partial charge in [0.2, 0.25) is 0 Å². The summed E-state index contributed by atoms with van der Waals surface area (Å²) in [4.78, 5) is 14.1. The Bertz CT molecular complexity index is 406. The SMILES string of the molecule is CC(C)(C)CCc1c(B(O)O)cc[nH]c1=O. The van der Waals surface area contributed by atoms with Gasteiger partial charge in [-0.2, -0.15) is 0 Å². The molecule has 5 heteroatoms. The van der Waals surface area contributed by atoms with Crippen LogP contribution in [0.4, 0.5) is 0 Å². The Morgan fingerprint density at radius 2 is 2.00 bits per heavy atom. The number of nitrogens with one attached hydrogen (secondary N) is 1. The lowest BCUT2D eigenvalue weighted by atomic mass is 9.75. The zero-order valence-electron chi connectivity index (χ0n) is 9.95. The Balaban J connectivity index is 2.98. The molecule has 16 heavy (non-hydrogen) atoms. The highest BCUT2D eigenvalue weighted by atomic mass is 16.4. The number of H-pyrrole nitrogens is 1. The predicted molar refractivity (Wildman–Crippen MR) is 64.7 cm³/mol. The van der Waals surface area contributed by atoms with Crippen LogP contribution in [0, 0.1) is 5.41 Å². The summed E-state index contributed by atoms with van der Waals surface area (Å²) in [6, 6.07) is 1.53. The molecule has 0 saturated heterocycles. The van der Waals surface area contributed by atoms with E-state index in [1.165, 1.54) is 12.3 Å². The molecule has 0 spiro atoms. The van der Waals surface area contributed by atoms with Crippen molar-refractivity contribution in [3.8, 4) is 0 Å². The standard InChI is InChI=1S/C11H18BNO3/c1-11(2,3)6-4-8-9(12(15)16)5-7-13-10(8)14/h5,7,15-16H,4,6H2,1-3H3,(H,13,14). The van der Waals surface area contributed by atoms with Gasteiger partial charge >= 0.3 is 7.12 Å². The van der Waals surface area contributed by atoms with Crippen molar-refractivity contribution >= 4 is 12.6 Å². The highest BCUT2D eigenvalue weighted by Crippen LogP contribution is 2.19. The Labute approximate surface area is 95.5 Å². The van der Waals surface area contributed by atoms with E-state index in [0.717, 1.165) is 6.42 Å². The minimum absolute atomic E-state index is 0.111. The maximum Gasteiger partial charge on any atom is 0.488 e. The average Bonchev–Trinajstić information content (AvgIpc) is 2.13. The van der Waals surface area contributed by atoms with Crippen LogP contribution in [-0.2, 0) is 6.42 Å². The number of aromatic amines is 1. The number of pyridine rings is 1. The largest absolute Gasteiger partial charge is 0.488 e. The van der Waals surface area contributed by atoms with Gasteiger partial charge < -0.3 is 15.0 Å². The van der Waals surface area contributed by atoms with Crippen molar-refractivity contribution in [1.29, 1.82) is 0 Å². The molecule has 1 heterocycles. The molecule has 0 saturated carbocycles. The summed E-state index contributed by atoms with van der Waals surface area (Å²) in [5, 5.41) is 18.3. The fourth-order valence-corrected chi connectivity index (χ4v) is 1.53. The maximum atomic E-state index is 11.6. The quantitative estimate of drug-likeness (QED) is 0.633. The minimum atomic E-state index is -1.59. The molecule has 3 N–H and O–H groups in total. The van der Waals surface area contributed by atoms with Crippen LogP contribution < -0.4 is 11.0 Å². The number of hydrogen-bond donors (Lipinski definition) is 3. The molecule has 88 valence electrons. The predicted octanol–water partition coefficient (Wildman–Crippen LogP) is 0.0334. The van der Waals surface area contributed by atoms with E-state index in [-0.39, 0.29) is 11.0 Å². The van der Waals surface area contributed by atoms with Crippen molar-refractivity contribution in [1.82, 2.24) is 4.98 Å². The third kappa shape index (κ3) is 3.50. The normalized spacial score (nSPS) is 11.6. The first-order valence-electron chi connectivity index (χ1n) is 5.38. The minimum Gasteiger partial charge on any atom is -0.423 e. The van der Waals surface area contributed by atoms with Crippen molar-refractivity contribution in [2.75, 3.05) is 0 Å². The van der Waals surface area contributed by atoms with Gasteiger partial charge in [0.25, 0.3) is 5.56 Å². The number of aromatic nitrogens is 1. The summed E-state index contributed by atoms with van der Waals surface area (Å²) < 4.78 is 0. The zero-order valence-corrected chi connectivity index (χ0v) is 9.95. The monoisotopic (exact) mass is 223 g/mol. The van der Waals surface area contributed by atoms with E-state index in [1.807, 2.05) is 0 Å². The lowest BCUT2D eigenvalue weighted by molar-refractivity contribution is 0.377. The molecule has 0 atom stereocenters. The summed E-state index contributed by atoms with van der Waals surface area (Å²) in [7, 11) is -1.59. The Morgan fingerprint density at radius 1 is 1.38 bits per heavy atom. The second-order valence-corrected chi connectivity index (χ2v) is 5.18. The first-order chi connectivity index (χ1) is 7.31. The van der Waals surface area contributed by atoms with Gasteiger partial charge in [0.05, 0.1) is 0 Å². The van der Waals surface area contributed by atoms with Gasteiger partial charge in [-0.15, -0.1) is 0 Å². The smallest absolute Gasteiger partial charge is 0.423 e. The van der Waals surface area contributed by atoms with Crippen LogP contribution >= 0.6 is 0 Å². The second kappa shape index (κ2) is 4.85. The molecule has 0 fully saturated rings. The summed E-state index contributed by atoms with van der Waals surface area (Å²) in [5.74, 6) is 0. The molecule has 0 aliphatic rings. The van der Waals surface area contributed by atoms with Crippen LogP contribution in [0.2, 0.25) is 0 Å². The average molecular weight is 223 g/mol. The van der Waals surface area contributed by atoms with Crippen LogP contribution in [0.5, 0.6) is 0 Å². The fraction of sp³-hybridized carbons (Fsp3) is 0.545. The highest BCUT2D eigenvalue weighted by Gasteiger charge is 2.20. The van der Waals surface area contributed by atoms with E-state index in [1.54, 1.807) is 0 Å². The lowest BCUT2D eigenvalue weighted by Gasteiger charge is -2.18. The van der Waals surface area contributed by atoms with Crippen LogP contribution in [0.1, 0.15) is 32.8 Å². The zero-order chi connectivity index (χ0) is 12.3. The number of rotatable bonds is 3. The van der Waals surface area contributed by atoms with Gasteiger partial charge in [-0.3, -0.25) is 4.79 Å². The molecule has 1 aromatic heterocycles. The molecule has 0 unspecified atom stereocenters. The molecule has 0 bridgehead atoms. The van der Waals surface area contributed by atoms with Crippen LogP contribution in [0.15, 0.2) is 17.1 Å². The summed E-state index contributed by atoms with van der Waals surface area (Å²) in [6.45, 7) is 6.25. The van der Waals surface area contributed by atoms with Crippen LogP contribution in [0.3, 0.4) is 0 Å². The van der Waals surface area contributed by atoms with Gasteiger partial charge in [-0.1, -0.05) is 20.8 Å². The summed E-state index contributed by atoms with van der Waals surface area (Å²) in [5.41, 5.74) is 0.634. The summed E-state index contributed by atoms with van der Waals surface area (Å²) in [6.07, 6.45) is 2.80. The van der Waals surface area contributed by atoms with E-state index in [2.05, 4.69) is 25.8 Å². The van der Waals surface area contributed by atoms with E-state index >= 15 is 0 Å². The van der Waals surface area contributed by atoms with E-state index < -0.39 is 7.12 Å². The molecular formula is C11H18BNO3. The van der Waals surface area contributed by atoms with Gasteiger partial charge in [0.1, 0.15) is 0 Å². The molecule has 1 aromatic rings. The van der Waals surface area contributed by atoms with Crippen LogP contribution in [0.25, 0.3) is 0 Å². The van der Waals surface area contributed by atoms with Gasteiger partial charge in [-0.25, -0.2) is 0 Å². The molecule has 4 nitrogen and oxygen atoms in total. The molecule has 0 aromatic carbocycles. The first-order valence-corrected chi connectivity index (χ1v) is 5.38. The molecule has 0 amide bonds. The topological polar surface area (TPSA) is 73.3 Å². The summed E-state index contributed by atoms with van der Waals surface area (Å²) >= 11 is 0. The molecule has 1 rings (SSSR count). The van der Waals surface area contributed by atoms with Crippen molar-refractivity contribution < 1.29 is 10.0 Å². The molecule has 0 aliphatic carbocycles. The first kappa shape index (κ1) is 13.0. The third-order valence-electron chi connectivity index (χ3n) is 2.50.